The Labute approximate surface area is 197 Å². The van der Waals surface area contributed by atoms with Crippen LogP contribution < -0.4 is 15.2 Å². The number of aromatic nitrogens is 2. The fourth-order valence-electron chi connectivity index (χ4n) is 4.19. The molecule has 0 saturated carbocycles. The molecule has 1 N–H and O–H groups in total. The SMILES string of the molecule is Cc1nn2c(C(C)C)c(C(=O)NN3CCOc4ccccc43)sc2c1-c1cc(F)cc(F)c1F. The predicted octanol–water partition coefficient (Wildman–Crippen LogP) is 5.46. The van der Waals surface area contributed by atoms with Crippen molar-refractivity contribution in [2.45, 2.75) is 26.7 Å². The van der Waals surface area contributed by atoms with Crippen LogP contribution in [0.2, 0.25) is 0 Å². The molecule has 10 heteroatoms. The summed E-state index contributed by atoms with van der Waals surface area (Å²) in [6, 6.07) is 8.83. The molecule has 5 rings (SSSR count). The Kier molecular flexibility index (Phi) is 5.47. The van der Waals surface area contributed by atoms with Gasteiger partial charge in [0.15, 0.2) is 11.6 Å². The van der Waals surface area contributed by atoms with Gasteiger partial charge in [0.05, 0.1) is 23.6 Å². The number of nitrogens with one attached hydrogen (secondary N) is 1. The molecule has 0 spiro atoms. The van der Waals surface area contributed by atoms with Gasteiger partial charge in [0.2, 0.25) is 0 Å². The van der Waals surface area contributed by atoms with E-state index in [1.165, 1.54) is 0 Å². The Balaban J connectivity index is 1.61. The number of thiazole rings is 1. The average Bonchev–Trinajstić information content (AvgIpc) is 3.31. The summed E-state index contributed by atoms with van der Waals surface area (Å²) in [4.78, 5) is 14.2. The van der Waals surface area contributed by atoms with Crippen LogP contribution in [0.25, 0.3) is 16.0 Å². The zero-order valence-corrected chi connectivity index (χ0v) is 19.5. The highest BCUT2D eigenvalue weighted by atomic mass is 32.1. The molecule has 1 aliphatic heterocycles. The van der Waals surface area contributed by atoms with Crippen molar-refractivity contribution in [3.63, 3.8) is 0 Å². The lowest BCUT2D eigenvalue weighted by atomic mass is 10.1. The number of carbonyl (C=O) groups excluding carboxylic acids is 1. The molecule has 0 atom stereocenters. The molecular formula is C24H21F3N4O2S. The minimum Gasteiger partial charge on any atom is -0.489 e. The number of hydrogen-bond acceptors (Lipinski definition) is 5. The van der Waals surface area contributed by atoms with Crippen molar-refractivity contribution in [1.82, 2.24) is 15.0 Å². The van der Waals surface area contributed by atoms with E-state index in [9.17, 15) is 18.0 Å². The summed E-state index contributed by atoms with van der Waals surface area (Å²) < 4.78 is 49.8. The maximum atomic E-state index is 14.7. The highest BCUT2D eigenvalue weighted by molar-refractivity contribution is 7.20. The number of fused-ring (bicyclic) bond motifs is 2. The van der Waals surface area contributed by atoms with Gasteiger partial charge < -0.3 is 4.74 Å². The summed E-state index contributed by atoms with van der Waals surface area (Å²) in [7, 11) is 0. The fourth-order valence-corrected chi connectivity index (χ4v) is 5.53. The molecule has 0 radical (unpaired) electrons. The number of amides is 1. The summed E-state index contributed by atoms with van der Waals surface area (Å²) in [5.41, 5.74) is 4.74. The lowest BCUT2D eigenvalue weighted by Gasteiger charge is -2.31. The lowest BCUT2D eigenvalue weighted by molar-refractivity contribution is 0.0947. The molecule has 34 heavy (non-hydrogen) atoms. The lowest BCUT2D eigenvalue weighted by Crippen LogP contribution is -2.46. The highest BCUT2D eigenvalue weighted by Crippen LogP contribution is 2.39. The second-order valence-electron chi connectivity index (χ2n) is 8.31. The number of hydrogen-bond donors (Lipinski definition) is 1. The van der Waals surface area contributed by atoms with Crippen LogP contribution in [0.3, 0.4) is 0 Å². The number of para-hydroxylation sites is 2. The second-order valence-corrected chi connectivity index (χ2v) is 9.31. The van der Waals surface area contributed by atoms with Gasteiger partial charge in [0.1, 0.15) is 27.9 Å². The second kappa shape index (κ2) is 8.35. The van der Waals surface area contributed by atoms with Gasteiger partial charge in [-0.05, 0) is 31.0 Å². The van der Waals surface area contributed by atoms with Gasteiger partial charge in [-0.3, -0.25) is 15.2 Å². The first-order valence-electron chi connectivity index (χ1n) is 10.7. The Morgan fingerprint density at radius 1 is 1.21 bits per heavy atom. The third-order valence-electron chi connectivity index (χ3n) is 5.66. The Bertz CT molecular complexity index is 1430. The quantitative estimate of drug-likeness (QED) is 0.390. The Morgan fingerprint density at radius 2 is 1.97 bits per heavy atom. The fraction of sp³-hybridized carbons (Fsp3) is 0.250. The van der Waals surface area contributed by atoms with Crippen molar-refractivity contribution >= 4 is 27.8 Å². The van der Waals surface area contributed by atoms with Crippen molar-refractivity contribution in [3.8, 4) is 16.9 Å². The van der Waals surface area contributed by atoms with Crippen molar-refractivity contribution in [2.75, 3.05) is 18.2 Å². The maximum Gasteiger partial charge on any atom is 0.281 e. The molecule has 0 fully saturated rings. The summed E-state index contributed by atoms with van der Waals surface area (Å²) in [5.74, 6) is -3.12. The monoisotopic (exact) mass is 486 g/mol. The number of anilines is 1. The molecule has 3 heterocycles. The van der Waals surface area contributed by atoms with E-state index in [0.29, 0.717) is 46.1 Å². The van der Waals surface area contributed by atoms with Gasteiger partial charge in [0, 0.05) is 17.2 Å². The molecule has 1 amide bonds. The standard InChI is InChI=1S/C24H21F3N4O2S/c1-12(2)21-22(23(32)29-30-8-9-33-18-7-5-4-6-17(18)30)34-24-19(13(3)28-31(21)24)15-10-14(25)11-16(26)20(15)27/h4-7,10-12H,8-9H2,1-3H3,(H,29,32). The molecule has 4 aromatic rings. The van der Waals surface area contributed by atoms with E-state index in [-0.39, 0.29) is 23.0 Å². The summed E-state index contributed by atoms with van der Waals surface area (Å²) in [6.07, 6.45) is 0. The van der Waals surface area contributed by atoms with Gasteiger partial charge >= 0.3 is 0 Å². The van der Waals surface area contributed by atoms with Crippen LogP contribution >= 0.6 is 11.3 Å². The van der Waals surface area contributed by atoms with E-state index in [0.717, 1.165) is 23.1 Å². The van der Waals surface area contributed by atoms with Crippen LogP contribution in [0.5, 0.6) is 5.75 Å². The number of nitrogens with zero attached hydrogens (tertiary/aromatic N) is 3. The number of aryl methyl sites for hydroxylation is 1. The first-order valence-corrected chi connectivity index (χ1v) is 11.5. The predicted molar refractivity (Wildman–Crippen MR) is 124 cm³/mol. The van der Waals surface area contributed by atoms with Crippen molar-refractivity contribution in [2.24, 2.45) is 0 Å². The Hall–Kier alpha value is -3.53. The maximum absolute atomic E-state index is 14.7. The average molecular weight is 487 g/mol. The van der Waals surface area contributed by atoms with E-state index in [1.54, 1.807) is 16.4 Å². The van der Waals surface area contributed by atoms with Gasteiger partial charge in [-0.2, -0.15) is 5.10 Å². The first kappa shape index (κ1) is 22.3. The van der Waals surface area contributed by atoms with Gasteiger partial charge in [-0.1, -0.05) is 26.0 Å². The van der Waals surface area contributed by atoms with Crippen molar-refractivity contribution < 1.29 is 22.7 Å². The number of hydrazine groups is 1. The largest absolute Gasteiger partial charge is 0.489 e. The topological polar surface area (TPSA) is 58.9 Å². The van der Waals surface area contributed by atoms with Gasteiger partial charge in [-0.25, -0.2) is 17.7 Å². The number of ether oxygens (including phenoxy) is 1. The third kappa shape index (κ3) is 3.58. The molecule has 0 saturated heterocycles. The first-order chi connectivity index (χ1) is 16.3. The van der Waals surface area contributed by atoms with Crippen LogP contribution in [0, 0.1) is 24.4 Å². The van der Waals surface area contributed by atoms with Crippen LogP contribution in [0.15, 0.2) is 36.4 Å². The van der Waals surface area contributed by atoms with E-state index in [1.807, 2.05) is 38.1 Å². The number of halogens is 3. The molecule has 2 aromatic heterocycles. The van der Waals surface area contributed by atoms with Gasteiger partial charge in [0.25, 0.3) is 5.91 Å². The summed E-state index contributed by atoms with van der Waals surface area (Å²) >= 11 is 1.11. The normalized spacial score (nSPS) is 13.3. The van der Waals surface area contributed by atoms with Crippen LogP contribution in [0.1, 0.15) is 40.8 Å². The molecule has 2 aromatic carbocycles. The summed E-state index contributed by atoms with van der Waals surface area (Å²) in [6.45, 7) is 6.35. The van der Waals surface area contributed by atoms with E-state index < -0.39 is 17.5 Å². The molecule has 1 aliphatic rings. The highest BCUT2D eigenvalue weighted by Gasteiger charge is 2.29. The number of benzene rings is 2. The van der Waals surface area contributed by atoms with Crippen LogP contribution in [-0.2, 0) is 0 Å². The molecular weight excluding hydrogens is 465 g/mol. The minimum absolute atomic E-state index is 0.104. The molecule has 6 nitrogen and oxygen atoms in total. The Morgan fingerprint density at radius 3 is 2.74 bits per heavy atom. The summed E-state index contributed by atoms with van der Waals surface area (Å²) in [5, 5.41) is 6.22. The van der Waals surface area contributed by atoms with E-state index in [4.69, 9.17) is 4.74 Å². The number of carbonyl (C=O) groups is 1. The minimum atomic E-state index is -1.28. The van der Waals surface area contributed by atoms with E-state index >= 15 is 0 Å². The molecule has 0 bridgehead atoms. The zero-order valence-electron chi connectivity index (χ0n) is 18.7. The van der Waals surface area contributed by atoms with Crippen LogP contribution in [-0.4, -0.2) is 28.7 Å². The molecule has 0 unspecified atom stereocenters. The van der Waals surface area contributed by atoms with Crippen molar-refractivity contribution in [3.05, 3.63) is 70.1 Å². The number of rotatable bonds is 4. The van der Waals surface area contributed by atoms with E-state index in [2.05, 4.69) is 10.5 Å². The smallest absolute Gasteiger partial charge is 0.281 e. The van der Waals surface area contributed by atoms with Crippen molar-refractivity contribution in [1.29, 1.82) is 0 Å². The van der Waals surface area contributed by atoms with Gasteiger partial charge in [-0.15, -0.1) is 11.3 Å². The van der Waals surface area contributed by atoms with Crippen LogP contribution in [0.4, 0.5) is 18.9 Å². The molecule has 0 aliphatic carbocycles. The molecule has 176 valence electrons. The third-order valence-corrected chi connectivity index (χ3v) is 6.83. The zero-order chi connectivity index (χ0) is 24.1.